The molecule has 0 saturated carbocycles. The first-order valence-electron chi connectivity index (χ1n) is 6.78. The fourth-order valence-electron chi connectivity index (χ4n) is 2.17. The lowest BCUT2D eigenvalue weighted by Gasteiger charge is -2.18. The summed E-state index contributed by atoms with van der Waals surface area (Å²) in [5, 5.41) is 3.69. The molecule has 1 heterocycles. The summed E-state index contributed by atoms with van der Waals surface area (Å²) in [6, 6.07) is 7.46. The lowest BCUT2D eigenvalue weighted by atomic mass is 10.2. The molecule has 1 aliphatic rings. The van der Waals surface area contributed by atoms with Gasteiger partial charge in [-0.1, -0.05) is 35.8 Å². The molecule has 1 atom stereocenters. The quantitative estimate of drug-likeness (QED) is 0.858. The van der Waals surface area contributed by atoms with E-state index in [1.165, 1.54) is 0 Å². The molecule has 20 heavy (non-hydrogen) atoms. The van der Waals surface area contributed by atoms with Gasteiger partial charge in [0.05, 0.1) is 0 Å². The van der Waals surface area contributed by atoms with Crippen LogP contribution < -0.4 is 10.2 Å². The Morgan fingerprint density at radius 3 is 2.85 bits per heavy atom. The fourth-order valence-corrected chi connectivity index (χ4v) is 2.61. The first-order chi connectivity index (χ1) is 9.51. The molecule has 0 bridgehead atoms. The smallest absolute Gasteiger partial charge is 0.227 e. The van der Waals surface area contributed by atoms with Gasteiger partial charge in [-0.2, -0.15) is 0 Å². The van der Waals surface area contributed by atoms with Crippen LogP contribution in [0.25, 0.3) is 0 Å². The van der Waals surface area contributed by atoms with E-state index < -0.39 is 0 Å². The summed E-state index contributed by atoms with van der Waals surface area (Å²) >= 11 is 3.43. The Balaban J connectivity index is 2.14. The fraction of sp³-hybridized carbons (Fsp3) is 0.467. The molecule has 2 rings (SSSR count). The van der Waals surface area contributed by atoms with E-state index >= 15 is 0 Å². The van der Waals surface area contributed by atoms with E-state index in [9.17, 15) is 9.59 Å². The highest BCUT2D eigenvalue weighted by Gasteiger charge is 2.29. The minimum absolute atomic E-state index is 0.0202. The van der Waals surface area contributed by atoms with E-state index in [4.69, 9.17) is 0 Å². The molecule has 108 valence electrons. The Kier molecular flexibility index (Phi) is 4.81. The molecule has 2 amide bonds. The van der Waals surface area contributed by atoms with E-state index in [2.05, 4.69) is 21.2 Å². The van der Waals surface area contributed by atoms with Crippen LogP contribution in [0.15, 0.2) is 24.3 Å². The topological polar surface area (TPSA) is 49.4 Å². The maximum atomic E-state index is 12.0. The maximum absolute atomic E-state index is 12.0. The van der Waals surface area contributed by atoms with Crippen LogP contribution in [0.3, 0.4) is 0 Å². The molecular weight excluding hydrogens is 320 g/mol. The first-order valence-corrected chi connectivity index (χ1v) is 7.90. The van der Waals surface area contributed by atoms with Crippen molar-refractivity contribution in [1.82, 2.24) is 0 Å². The number of alkyl halides is 1. The molecule has 1 aromatic carbocycles. The summed E-state index contributed by atoms with van der Waals surface area (Å²) in [4.78, 5) is 25.5. The normalized spacial score (nSPS) is 18.7. The zero-order valence-corrected chi connectivity index (χ0v) is 13.3. The number of carbonyl (C=O) groups is 2. The van der Waals surface area contributed by atoms with Crippen LogP contribution >= 0.6 is 15.9 Å². The van der Waals surface area contributed by atoms with Crippen molar-refractivity contribution in [3.05, 3.63) is 24.3 Å². The van der Waals surface area contributed by atoms with E-state index in [0.717, 1.165) is 23.2 Å². The monoisotopic (exact) mass is 338 g/mol. The van der Waals surface area contributed by atoms with Crippen LogP contribution in [0.4, 0.5) is 11.4 Å². The van der Waals surface area contributed by atoms with Gasteiger partial charge in [0.25, 0.3) is 0 Å². The molecule has 1 unspecified atom stereocenters. The van der Waals surface area contributed by atoms with Gasteiger partial charge in [0, 0.05) is 35.6 Å². The second kappa shape index (κ2) is 6.39. The number of nitrogens with zero attached hydrogens (tertiary/aromatic N) is 1. The molecule has 0 aliphatic carbocycles. The second-order valence-corrected chi connectivity index (χ2v) is 6.07. The third-order valence-electron chi connectivity index (χ3n) is 3.37. The molecule has 1 fully saturated rings. The van der Waals surface area contributed by atoms with Gasteiger partial charge in [-0.15, -0.1) is 0 Å². The third-order valence-corrected chi connectivity index (χ3v) is 4.29. The molecule has 0 radical (unpaired) electrons. The van der Waals surface area contributed by atoms with Crippen molar-refractivity contribution < 1.29 is 9.59 Å². The predicted molar refractivity (Wildman–Crippen MR) is 84.2 cm³/mol. The molecular formula is C15H19BrN2O2. The lowest BCUT2D eigenvalue weighted by Crippen LogP contribution is -2.25. The van der Waals surface area contributed by atoms with Crippen molar-refractivity contribution in [1.29, 1.82) is 0 Å². The molecule has 5 heteroatoms. The van der Waals surface area contributed by atoms with Crippen LogP contribution in [0.2, 0.25) is 0 Å². The number of amides is 2. The maximum Gasteiger partial charge on any atom is 0.227 e. The standard InChI is InChI=1S/C15H19BrN2O2/c1-10(2)15(20)17-12-4-3-5-13(7-12)18-9-11(8-16)6-14(18)19/h3-5,7,10-11H,6,8-9H2,1-2H3,(H,17,20). The van der Waals surface area contributed by atoms with Gasteiger partial charge in [0.15, 0.2) is 0 Å². The number of benzene rings is 1. The van der Waals surface area contributed by atoms with Gasteiger partial charge in [-0.3, -0.25) is 9.59 Å². The second-order valence-electron chi connectivity index (χ2n) is 5.42. The summed E-state index contributed by atoms with van der Waals surface area (Å²) < 4.78 is 0. The first kappa shape index (κ1) is 15.0. The highest BCUT2D eigenvalue weighted by molar-refractivity contribution is 9.09. The summed E-state index contributed by atoms with van der Waals surface area (Å²) in [5.74, 6) is 0.413. The number of nitrogens with one attached hydrogen (secondary N) is 1. The van der Waals surface area contributed by atoms with Gasteiger partial charge in [-0.05, 0) is 24.1 Å². The molecule has 4 nitrogen and oxygen atoms in total. The number of hydrogen-bond acceptors (Lipinski definition) is 2. The zero-order chi connectivity index (χ0) is 14.7. The van der Waals surface area contributed by atoms with Crippen molar-refractivity contribution in [2.75, 3.05) is 22.1 Å². The van der Waals surface area contributed by atoms with Gasteiger partial charge < -0.3 is 10.2 Å². The Labute approximate surface area is 127 Å². The van der Waals surface area contributed by atoms with Crippen LogP contribution in [0.1, 0.15) is 20.3 Å². The highest BCUT2D eigenvalue weighted by atomic mass is 79.9. The van der Waals surface area contributed by atoms with Crippen molar-refractivity contribution in [3.63, 3.8) is 0 Å². The van der Waals surface area contributed by atoms with Crippen LogP contribution in [-0.4, -0.2) is 23.7 Å². The Hall–Kier alpha value is -1.36. The van der Waals surface area contributed by atoms with E-state index in [0.29, 0.717) is 12.3 Å². The number of rotatable bonds is 4. The van der Waals surface area contributed by atoms with Crippen molar-refractivity contribution in [3.8, 4) is 0 Å². The van der Waals surface area contributed by atoms with Crippen molar-refractivity contribution in [2.45, 2.75) is 20.3 Å². The minimum atomic E-state index is -0.0650. The number of hydrogen-bond donors (Lipinski definition) is 1. The predicted octanol–water partition coefficient (Wildman–Crippen LogP) is 3.03. The summed E-state index contributed by atoms with van der Waals surface area (Å²) in [6.07, 6.45) is 0.577. The average molecular weight is 339 g/mol. The minimum Gasteiger partial charge on any atom is -0.326 e. The van der Waals surface area contributed by atoms with Crippen LogP contribution in [0.5, 0.6) is 0 Å². The lowest BCUT2D eigenvalue weighted by molar-refractivity contribution is -0.119. The summed E-state index contributed by atoms with van der Waals surface area (Å²) in [5.41, 5.74) is 1.58. The van der Waals surface area contributed by atoms with Gasteiger partial charge >= 0.3 is 0 Å². The number of halogens is 1. The van der Waals surface area contributed by atoms with E-state index in [1.807, 2.05) is 38.1 Å². The van der Waals surface area contributed by atoms with Crippen LogP contribution in [0, 0.1) is 11.8 Å². The highest BCUT2D eigenvalue weighted by Crippen LogP contribution is 2.28. The molecule has 0 aromatic heterocycles. The SMILES string of the molecule is CC(C)C(=O)Nc1cccc(N2CC(CBr)CC2=O)c1. The molecule has 1 aromatic rings. The average Bonchev–Trinajstić information content (AvgIpc) is 2.80. The Morgan fingerprint density at radius 1 is 1.50 bits per heavy atom. The van der Waals surface area contributed by atoms with E-state index in [1.54, 1.807) is 4.90 Å². The van der Waals surface area contributed by atoms with Gasteiger partial charge in [0.1, 0.15) is 0 Å². The largest absolute Gasteiger partial charge is 0.326 e. The summed E-state index contributed by atoms with van der Waals surface area (Å²) in [7, 11) is 0. The van der Waals surface area contributed by atoms with Gasteiger partial charge in [-0.25, -0.2) is 0 Å². The number of carbonyl (C=O) groups excluding carboxylic acids is 2. The molecule has 1 saturated heterocycles. The molecule has 1 aliphatic heterocycles. The van der Waals surface area contributed by atoms with Gasteiger partial charge in [0.2, 0.25) is 11.8 Å². The van der Waals surface area contributed by atoms with Crippen LogP contribution in [-0.2, 0) is 9.59 Å². The van der Waals surface area contributed by atoms with E-state index in [-0.39, 0.29) is 17.7 Å². The number of anilines is 2. The molecule has 1 N–H and O–H groups in total. The van der Waals surface area contributed by atoms with Crippen molar-refractivity contribution in [2.24, 2.45) is 11.8 Å². The zero-order valence-electron chi connectivity index (χ0n) is 11.7. The summed E-state index contributed by atoms with van der Waals surface area (Å²) in [6.45, 7) is 4.43. The Bertz CT molecular complexity index is 516. The Morgan fingerprint density at radius 2 is 2.25 bits per heavy atom. The third kappa shape index (κ3) is 3.39. The molecule has 0 spiro atoms. The van der Waals surface area contributed by atoms with Crippen molar-refractivity contribution >= 4 is 39.1 Å².